The van der Waals surface area contributed by atoms with Crippen LogP contribution in [0, 0.1) is 6.92 Å². The number of likely N-dealkylation sites (N-methyl/N-ethyl adjacent to an activating group) is 1. The van der Waals surface area contributed by atoms with Crippen LogP contribution in [0.1, 0.15) is 18.4 Å². The van der Waals surface area contributed by atoms with Crippen molar-refractivity contribution in [3.63, 3.8) is 0 Å². The first-order chi connectivity index (χ1) is 22.9. The van der Waals surface area contributed by atoms with Crippen molar-refractivity contribution < 1.29 is 9.15 Å². The Balaban J connectivity index is 1.14. The van der Waals surface area contributed by atoms with Crippen molar-refractivity contribution in [3.8, 4) is 5.75 Å². The summed E-state index contributed by atoms with van der Waals surface area (Å²) < 4.78 is 13.7. The van der Waals surface area contributed by atoms with Crippen LogP contribution in [0.4, 0.5) is 34.5 Å². The van der Waals surface area contributed by atoms with Crippen molar-refractivity contribution in [2.75, 3.05) is 86.6 Å². The second-order valence-electron chi connectivity index (χ2n) is 12.2. The SMILES string of the molecule is COc1cc(N2CCC(N3CCN(C)CC3)CC2)c(C)cc1Nc1nc(Nc2ccc3nccnc3c2N(C)SC)c2ccoc2n1. The van der Waals surface area contributed by atoms with E-state index in [9.17, 15) is 0 Å². The summed E-state index contributed by atoms with van der Waals surface area (Å²) in [7, 11) is 5.93. The van der Waals surface area contributed by atoms with Gasteiger partial charge in [0.15, 0.2) is 0 Å². The first kappa shape index (κ1) is 31.3. The average molecular weight is 655 g/mol. The zero-order chi connectivity index (χ0) is 32.5. The number of rotatable bonds is 9. The molecule has 13 heteroatoms. The van der Waals surface area contributed by atoms with Gasteiger partial charge >= 0.3 is 0 Å². The lowest BCUT2D eigenvalue weighted by atomic mass is 10.0. The number of nitrogens with zero attached hydrogens (tertiary/aromatic N) is 8. The van der Waals surface area contributed by atoms with Gasteiger partial charge in [0.25, 0.3) is 0 Å². The molecule has 0 amide bonds. The summed E-state index contributed by atoms with van der Waals surface area (Å²) in [6.45, 7) is 8.89. The van der Waals surface area contributed by atoms with Crippen LogP contribution in [-0.4, -0.2) is 103 Å². The number of methoxy groups -OCH3 is 1. The first-order valence-electron chi connectivity index (χ1n) is 16.1. The minimum Gasteiger partial charge on any atom is -0.494 e. The third-order valence-electron chi connectivity index (χ3n) is 9.40. The van der Waals surface area contributed by atoms with E-state index in [0.29, 0.717) is 23.5 Å². The zero-order valence-corrected chi connectivity index (χ0v) is 28.5. The topological polar surface area (TPSA) is 111 Å². The highest BCUT2D eigenvalue weighted by atomic mass is 32.2. The summed E-state index contributed by atoms with van der Waals surface area (Å²) in [4.78, 5) is 26.3. The number of anilines is 6. The number of piperidine rings is 1. The fraction of sp³-hybridized carbons (Fsp3) is 0.412. The van der Waals surface area contributed by atoms with E-state index in [1.165, 1.54) is 37.2 Å². The number of hydrogen-bond donors (Lipinski definition) is 2. The molecule has 0 spiro atoms. The molecule has 2 saturated heterocycles. The molecule has 0 radical (unpaired) electrons. The van der Waals surface area contributed by atoms with Crippen molar-refractivity contribution in [1.29, 1.82) is 0 Å². The number of ether oxygens (including phenoxy) is 1. The molecule has 0 atom stereocenters. The Hall–Kier alpha value is -4.33. The Morgan fingerprint density at radius 3 is 2.51 bits per heavy atom. The average Bonchev–Trinajstić information content (AvgIpc) is 3.58. The van der Waals surface area contributed by atoms with Crippen LogP contribution in [0.25, 0.3) is 22.1 Å². The summed E-state index contributed by atoms with van der Waals surface area (Å²) in [5.41, 5.74) is 7.02. The quantitative estimate of drug-likeness (QED) is 0.184. The van der Waals surface area contributed by atoms with Gasteiger partial charge in [0.2, 0.25) is 11.7 Å². The van der Waals surface area contributed by atoms with Gasteiger partial charge < -0.3 is 33.9 Å². The van der Waals surface area contributed by atoms with Gasteiger partial charge in [-0.2, -0.15) is 9.97 Å². The predicted octanol–water partition coefficient (Wildman–Crippen LogP) is 5.90. The van der Waals surface area contributed by atoms with E-state index in [0.717, 1.165) is 65.4 Å². The molecule has 5 aromatic rings. The van der Waals surface area contributed by atoms with E-state index in [1.807, 2.05) is 31.5 Å². The van der Waals surface area contributed by atoms with E-state index < -0.39 is 0 Å². The molecule has 0 saturated carbocycles. The number of benzene rings is 2. The number of piperazine rings is 1. The number of nitrogens with one attached hydrogen (secondary N) is 2. The van der Waals surface area contributed by atoms with Crippen LogP contribution in [0.2, 0.25) is 0 Å². The maximum atomic E-state index is 5.91. The van der Waals surface area contributed by atoms with Crippen molar-refractivity contribution >= 4 is 68.6 Å². The van der Waals surface area contributed by atoms with Crippen LogP contribution in [0.15, 0.2) is 53.4 Å². The lowest BCUT2D eigenvalue weighted by Crippen LogP contribution is -2.52. The molecular formula is C34H42N10O2S. The van der Waals surface area contributed by atoms with Gasteiger partial charge in [-0.1, -0.05) is 11.9 Å². The smallest absolute Gasteiger partial charge is 0.232 e. The van der Waals surface area contributed by atoms with Crippen LogP contribution < -0.4 is 24.6 Å². The van der Waals surface area contributed by atoms with Crippen molar-refractivity contribution in [2.24, 2.45) is 0 Å². The molecular weight excluding hydrogens is 613 g/mol. The lowest BCUT2D eigenvalue weighted by Gasteiger charge is -2.43. The highest BCUT2D eigenvalue weighted by molar-refractivity contribution is 7.99. The van der Waals surface area contributed by atoms with Gasteiger partial charge in [-0.05, 0) is 56.6 Å². The van der Waals surface area contributed by atoms with Crippen molar-refractivity contribution in [1.82, 2.24) is 29.7 Å². The Bertz CT molecular complexity index is 1870. The van der Waals surface area contributed by atoms with Crippen LogP contribution in [0.3, 0.4) is 0 Å². The van der Waals surface area contributed by atoms with E-state index in [-0.39, 0.29) is 0 Å². The van der Waals surface area contributed by atoms with Crippen LogP contribution in [-0.2, 0) is 0 Å². The van der Waals surface area contributed by atoms with E-state index in [2.05, 4.69) is 65.7 Å². The van der Waals surface area contributed by atoms with Gasteiger partial charge in [0, 0.05) is 82.8 Å². The van der Waals surface area contributed by atoms with E-state index >= 15 is 0 Å². The summed E-state index contributed by atoms with van der Waals surface area (Å²) in [5.74, 6) is 1.75. The lowest BCUT2D eigenvalue weighted by molar-refractivity contribution is 0.0982. The normalized spacial score (nSPS) is 16.6. The number of aryl methyl sites for hydroxylation is 1. The van der Waals surface area contributed by atoms with Gasteiger partial charge in [-0.25, -0.2) is 0 Å². The zero-order valence-electron chi connectivity index (χ0n) is 27.7. The molecule has 2 N–H and O–H groups in total. The summed E-state index contributed by atoms with van der Waals surface area (Å²) >= 11 is 1.59. The summed E-state index contributed by atoms with van der Waals surface area (Å²) in [6, 6.07) is 10.8. The molecule has 2 fully saturated rings. The minimum atomic E-state index is 0.397. The Kier molecular flexibility index (Phi) is 8.93. The number of furan rings is 1. The highest BCUT2D eigenvalue weighted by Gasteiger charge is 2.28. The summed E-state index contributed by atoms with van der Waals surface area (Å²) in [6.07, 6.45) is 9.42. The number of fused-ring (bicyclic) bond motifs is 2. The monoisotopic (exact) mass is 654 g/mol. The first-order valence-corrected chi connectivity index (χ1v) is 17.3. The highest BCUT2D eigenvalue weighted by Crippen LogP contribution is 2.39. The summed E-state index contributed by atoms with van der Waals surface area (Å²) in [5, 5.41) is 7.73. The molecule has 3 aromatic heterocycles. The molecule has 246 valence electrons. The minimum absolute atomic E-state index is 0.397. The van der Waals surface area contributed by atoms with Gasteiger partial charge in [-0.15, -0.1) is 0 Å². The van der Waals surface area contributed by atoms with Crippen molar-refractivity contribution in [2.45, 2.75) is 25.8 Å². The molecule has 2 aliphatic heterocycles. The molecule has 7 rings (SSSR count). The molecule has 12 nitrogen and oxygen atoms in total. The number of hydrogen-bond acceptors (Lipinski definition) is 13. The maximum absolute atomic E-state index is 5.91. The third kappa shape index (κ3) is 6.34. The predicted molar refractivity (Wildman–Crippen MR) is 192 cm³/mol. The van der Waals surface area contributed by atoms with Gasteiger partial charge in [0.1, 0.15) is 17.1 Å². The van der Waals surface area contributed by atoms with Gasteiger partial charge in [0.05, 0.1) is 41.3 Å². The van der Waals surface area contributed by atoms with E-state index in [4.69, 9.17) is 19.1 Å². The Labute approximate surface area is 279 Å². The number of aromatic nitrogens is 4. The molecule has 47 heavy (non-hydrogen) atoms. The maximum Gasteiger partial charge on any atom is 0.232 e. The fourth-order valence-electron chi connectivity index (χ4n) is 6.73. The Morgan fingerprint density at radius 2 is 1.74 bits per heavy atom. The largest absolute Gasteiger partial charge is 0.494 e. The molecule has 2 aliphatic rings. The van der Waals surface area contributed by atoms with Crippen LogP contribution in [0.5, 0.6) is 5.75 Å². The fourth-order valence-corrected chi connectivity index (χ4v) is 7.10. The molecule has 0 aliphatic carbocycles. The Morgan fingerprint density at radius 1 is 0.957 bits per heavy atom. The van der Waals surface area contributed by atoms with E-state index in [1.54, 1.807) is 37.7 Å². The molecule has 0 bridgehead atoms. The van der Waals surface area contributed by atoms with Crippen molar-refractivity contribution in [3.05, 3.63) is 54.6 Å². The standard InChI is InChI=1S/C34H42N10O2S/c1-22-20-27(29(45-4)21-28(22)44-13-8-23(9-14-44)43-17-15-41(2)16-18-43)38-34-39-32(24-10-19-46-33(24)40-34)37-26-7-6-25-30(36-12-11-35-25)31(26)42(3)47-5/h6-7,10-12,19-21,23H,8-9,13-18H2,1-5H3,(H2,37,38,39,40). The molecule has 0 unspecified atom stereocenters. The van der Waals surface area contributed by atoms with Gasteiger partial charge in [-0.3, -0.25) is 14.9 Å². The molecule has 5 heterocycles. The third-order valence-corrected chi connectivity index (χ3v) is 10.1. The molecule has 2 aromatic carbocycles. The second kappa shape index (κ2) is 13.4. The second-order valence-corrected chi connectivity index (χ2v) is 13.2. The van der Waals surface area contributed by atoms with Crippen LogP contribution >= 0.6 is 11.9 Å².